The lowest BCUT2D eigenvalue weighted by Crippen LogP contribution is -1.80. The lowest BCUT2D eigenvalue weighted by Gasteiger charge is -1.96. The molecule has 0 amide bonds. The van der Waals surface area contributed by atoms with Crippen LogP contribution >= 0.6 is 22.9 Å². The standard InChI is InChI=1S/C10H7ClFNS/c1-6-13-9(10(12)14-6)7-2-4-8(11)5-3-7/h2-5H,1H3. The number of nitrogens with zero attached hydrogens (tertiary/aromatic N) is 1. The molecule has 0 saturated heterocycles. The van der Waals surface area contributed by atoms with Crippen LogP contribution in [0.3, 0.4) is 0 Å². The molecule has 1 nitrogen and oxygen atoms in total. The maximum absolute atomic E-state index is 13.3. The Morgan fingerprint density at radius 1 is 1.29 bits per heavy atom. The van der Waals surface area contributed by atoms with Crippen LogP contribution in [0.25, 0.3) is 11.3 Å². The minimum absolute atomic E-state index is 0.246. The second kappa shape index (κ2) is 3.67. The molecule has 0 radical (unpaired) electrons. The largest absolute Gasteiger partial charge is 0.238 e. The Labute approximate surface area is 90.2 Å². The molecule has 1 aromatic carbocycles. The molecule has 14 heavy (non-hydrogen) atoms. The second-order valence-corrected chi connectivity index (χ2v) is 4.45. The third-order valence-corrected chi connectivity index (χ3v) is 2.82. The molecule has 1 heterocycles. The Balaban J connectivity index is 2.49. The summed E-state index contributed by atoms with van der Waals surface area (Å²) in [6, 6.07) is 6.98. The van der Waals surface area contributed by atoms with Crippen molar-refractivity contribution in [2.24, 2.45) is 0 Å². The van der Waals surface area contributed by atoms with E-state index in [4.69, 9.17) is 11.6 Å². The first-order chi connectivity index (χ1) is 6.66. The highest BCUT2D eigenvalue weighted by Gasteiger charge is 2.09. The molecular formula is C10H7ClFNS. The van der Waals surface area contributed by atoms with Crippen molar-refractivity contribution in [1.29, 1.82) is 0 Å². The van der Waals surface area contributed by atoms with Crippen LogP contribution < -0.4 is 0 Å². The fraction of sp³-hybridized carbons (Fsp3) is 0.100. The van der Waals surface area contributed by atoms with Gasteiger partial charge in [0.2, 0.25) is 5.13 Å². The van der Waals surface area contributed by atoms with Crippen molar-refractivity contribution in [3.05, 3.63) is 39.4 Å². The van der Waals surface area contributed by atoms with Gasteiger partial charge in [0.1, 0.15) is 5.69 Å². The van der Waals surface area contributed by atoms with Gasteiger partial charge in [-0.1, -0.05) is 35.1 Å². The smallest absolute Gasteiger partial charge is 0.204 e. The quantitative estimate of drug-likeness (QED) is 0.720. The second-order valence-electron chi connectivity index (χ2n) is 2.86. The summed E-state index contributed by atoms with van der Waals surface area (Å²) in [5, 5.41) is 1.12. The van der Waals surface area contributed by atoms with Gasteiger partial charge in [-0.25, -0.2) is 4.98 Å². The Morgan fingerprint density at radius 2 is 1.93 bits per heavy atom. The van der Waals surface area contributed by atoms with Crippen molar-refractivity contribution >= 4 is 22.9 Å². The van der Waals surface area contributed by atoms with Gasteiger partial charge in [-0.15, -0.1) is 0 Å². The molecule has 0 spiro atoms. The third-order valence-electron chi connectivity index (χ3n) is 1.81. The van der Waals surface area contributed by atoms with Crippen LogP contribution in [-0.2, 0) is 0 Å². The molecule has 0 N–H and O–H groups in total. The van der Waals surface area contributed by atoms with Crippen LogP contribution in [0.5, 0.6) is 0 Å². The van der Waals surface area contributed by atoms with Gasteiger partial charge >= 0.3 is 0 Å². The highest BCUT2D eigenvalue weighted by atomic mass is 35.5. The molecule has 0 aliphatic rings. The first-order valence-electron chi connectivity index (χ1n) is 4.05. The van der Waals surface area contributed by atoms with Gasteiger partial charge in [0.05, 0.1) is 5.01 Å². The Morgan fingerprint density at radius 3 is 2.43 bits per heavy atom. The number of halogens is 2. The normalized spacial score (nSPS) is 10.5. The fourth-order valence-corrected chi connectivity index (χ4v) is 1.97. The number of hydrogen-bond acceptors (Lipinski definition) is 2. The molecule has 0 aliphatic carbocycles. The predicted molar refractivity (Wildman–Crippen MR) is 57.3 cm³/mol. The van der Waals surface area contributed by atoms with Crippen molar-refractivity contribution < 1.29 is 4.39 Å². The highest BCUT2D eigenvalue weighted by Crippen LogP contribution is 2.26. The summed E-state index contributed by atoms with van der Waals surface area (Å²) in [7, 11) is 0. The minimum atomic E-state index is -0.246. The number of aromatic nitrogens is 1. The maximum Gasteiger partial charge on any atom is 0.204 e. The molecule has 0 bridgehead atoms. The first kappa shape index (κ1) is 9.62. The number of aryl methyl sites for hydroxylation is 1. The number of rotatable bonds is 1. The van der Waals surface area contributed by atoms with Gasteiger partial charge < -0.3 is 0 Å². The summed E-state index contributed by atoms with van der Waals surface area (Å²) >= 11 is 6.79. The summed E-state index contributed by atoms with van der Waals surface area (Å²) in [6.45, 7) is 1.78. The first-order valence-corrected chi connectivity index (χ1v) is 5.25. The lowest BCUT2D eigenvalue weighted by molar-refractivity contribution is 0.657. The highest BCUT2D eigenvalue weighted by molar-refractivity contribution is 7.10. The molecule has 2 rings (SSSR count). The summed E-state index contributed by atoms with van der Waals surface area (Å²) in [4.78, 5) is 4.11. The molecule has 4 heteroatoms. The number of hydrogen-bond donors (Lipinski definition) is 0. The summed E-state index contributed by atoms with van der Waals surface area (Å²) < 4.78 is 13.3. The molecule has 1 aromatic heterocycles. The van der Waals surface area contributed by atoms with E-state index >= 15 is 0 Å². The molecule has 0 unspecified atom stereocenters. The van der Waals surface area contributed by atoms with E-state index in [-0.39, 0.29) is 5.13 Å². The zero-order valence-electron chi connectivity index (χ0n) is 7.42. The van der Waals surface area contributed by atoms with Gasteiger partial charge in [0, 0.05) is 10.6 Å². The van der Waals surface area contributed by atoms with E-state index in [1.807, 2.05) is 0 Å². The average molecular weight is 228 g/mol. The Bertz CT molecular complexity index is 450. The summed E-state index contributed by atoms with van der Waals surface area (Å²) in [5.41, 5.74) is 1.17. The van der Waals surface area contributed by atoms with Crippen molar-refractivity contribution in [2.45, 2.75) is 6.92 Å². The van der Waals surface area contributed by atoms with E-state index in [0.717, 1.165) is 21.9 Å². The molecule has 72 valence electrons. The van der Waals surface area contributed by atoms with E-state index in [2.05, 4.69) is 4.98 Å². The van der Waals surface area contributed by atoms with Gasteiger partial charge in [0.15, 0.2) is 0 Å². The summed E-state index contributed by atoms with van der Waals surface area (Å²) in [5.74, 6) is 0. The predicted octanol–water partition coefficient (Wildman–Crippen LogP) is 3.91. The summed E-state index contributed by atoms with van der Waals surface area (Å²) in [6.07, 6.45) is 0. The van der Waals surface area contributed by atoms with E-state index in [1.165, 1.54) is 0 Å². The van der Waals surface area contributed by atoms with Crippen LogP contribution in [0, 0.1) is 12.1 Å². The number of benzene rings is 1. The topological polar surface area (TPSA) is 12.9 Å². The van der Waals surface area contributed by atoms with Crippen LogP contribution in [0.2, 0.25) is 5.02 Å². The molecule has 0 aliphatic heterocycles. The zero-order chi connectivity index (χ0) is 10.1. The van der Waals surface area contributed by atoms with Crippen LogP contribution in [0.4, 0.5) is 4.39 Å². The maximum atomic E-state index is 13.3. The number of thiazole rings is 1. The van der Waals surface area contributed by atoms with Crippen molar-refractivity contribution in [3.63, 3.8) is 0 Å². The molecule has 0 saturated carbocycles. The van der Waals surface area contributed by atoms with Crippen LogP contribution in [-0.4, -0.2) is 4.98 Å². The van der Waals surface area contributed by atoms with Crippen molar-refractivity contribution in [1.82, 2.24) is 4.98 Å². The van der Waals surface area contributed by atoms with Gasteiger partial charge in [-0.05, 0) is 19.1 Å². The average Bonchev–Trinajstić information content (AvgIpc) is 2.47. The SMILES string of the molecule is Cc1nc(-c2ccc(Cl)cc2)c(F)s1. The van der Waals surface area contributed by atoms with E-state index in [0.29, 0.717) is 10.7 Å². The Hall–Kier alpha value is -0.930. The molecule has 0 fully saturated rings. The van der Waals surface area contributed by atoms with E-state index in [9.17, 15) is 4.39 Å². The van der Waals surface area contributed by atoms with Gasteiger partial charge in [-0.3, -0.25) is 0 Å². The minimum Gasteiger partial charge on any atom is -0.238 e. The van der Waals surface area contributed by atoms with Crippen LogP contribution in [0.1, 0.15) is 5.01 Å². The molecular weight excluding hydrogens is 221 g/mol. The van der Waals surface area contributed by atoms with E-state index < -0.39 is 0 Å². The Kier molecular flexibility index (Phi) is 2.52. The van der Waals surface area contributed by atoms with Crippen molar-refractivity contribution in [2.75, 3.05) is 0 Å². The lowest BCUT2D eigenvalue weighted by atomic mass is 10.2. The third kappa shape index (κ3) is 1.79. The monoisotopic (exact) mass is 227 g/mol. The van der Waals surface area contributed by atoms with Crippen LogP contribution in [0.15, 0.2) is 24.3 Å². The molecule has 2 aromatic rings. The fourth-order valence-electron chi connectivity index (χ4n) is 1.19. The zero-order valence-corrected chi connectivity index (χ0v) is 8.99. The van der Waals surface area contributed by atoms with E-state index in [1.54, 1.807) is 31.2 Å². The molecule has 0 atom stereocenters. The van der Waals surface area contributed by atoms with Crippen molar-refractivity contribution in [3.8, 4) is 11.3 Å². The van der Waals surface area contributed by atoms with Gasteiger partial charge in [0.25, 0.3) is 0 Å². The van der Waals surface area contributed by atoms with Gasteiger partial charge in [-0.2, -0.15) is 4.39 Å².